The van der Waals surface area contributed by atoms with Gasteiger partial charge in [0.25, 0.3) is 0 Å². The zero-order chi connectivity index (χ0) is 12.5. The Balaban J connectivity index is 1.97. The molecule has 0 aliphatic heterocycles. The quantitative estimate of drug-likeness (QED) is 0.777. The first-order chi connectivity index (χ1) is 8.10. The summed E-state index contributed by atoms with van der Waals surface area (Å²) in [7, 11) is 0. The fourth-order valence-corrected chi connectivity index (χ4v) is 3.28. The summed E-state index contributed by atoms with van der Waals surface area (Å²) in [6, 6.07) is 0. The number of ether oxygens (including phenoxy) is 1. The van der Waals surface area contributed by atoms with Crippen LogP contribution in [-0.4, -0.2) is 20.7 Å². The van der Waals surface area contributed by atoms with Crippen LogP contribution in [0.3, 0.4) is 0 Å². The number of hydrogen-bond donors (Lipinski definition) is 0. The lowest BCUT2D eigenvalue weighted by Crippen LogP contribution is -2.54. The van der Waals surface area contributed by atoms with E-state index in [9.17, 15) is 0 Å². The van der Waals surface area contributed by atoms with Gasteiger partial charge in [-0.05, 0) is 19.3 Å². The van der Waals surface area contributed by atoms with Gasteiger partial charge in [0.1, 0.15) is 6.10 Å². The molecule has 1 aliphatic rings. The lowest BCUT2D eigenvalue weighted by atomic mass is 9.66. The first-order valence-corrected chi connectivity index (χ1v) is 7.35. The molecule has 2 rings (SSSR count). The maximum Gasteiger partial charge on any atom is 0.157 e. The Hall–Kier alpha value is -0.510. The van der Waals surface area contributed by atoms with Crippen LogP contribution in [0, 0.1) is 5.41 Å². The number of hydrogen-bond acceptors (Lipinski definition) is 2. The molecule has 1 fully saturated rings. The smallest absolute Gasteiger partial charge is 0.157 e. The molecule has 0 amide bonds. The molecule has 0 saturated heterocycles. The molecule has 3 atom stereocenters. The van der Waals surface area contributed by atoms with E-state index in [1.54, 1.807) is 0 Å². The summed E-state index contributed by atoms with van der Waals surface area (Å²) in [6.45, 7) is 7.62. The standard InChI is InChI=1S/C13H21BrN2O/c1-4-6-16-9-10(8-15-16)17-12-7-11(14)13(12,3)5-2/h8-9,11-12H,4-7H2,1-3H3. The number of aryl methyl sites for hydroxylation is 1. The average molecular weight is 301 g/mol. The Labute approximate surface area is 112 Å². The van der Waals surface area contributed by atoms with Crippen molar-refractivity contribution < 1.29 is 4.74 Å². The second-order valence-electron chi connectivity index (χ2n) is 5.11. The van der Waals surface area contributed by atoms with Crippen LogP contribution in [0.1, 0.15) is 40.0 Å². The van der Waals surface area contributed by atoms with Gasteiger partial charge in [0.2, 0.25) is 0 Å². The lowest BCUT2D eigenvalue weighted by Gasteiger charge is -2.50. The van der Waals surface area contributed by atoms with Crippen molar-refractivity contribution in [2.45, 2.75) is 57.5 Å². The molecule has 3 nitrogen and oxygen atoms in total. The maximum atomic E-state index is 6.04. The van der Waals surface area contributed by atoms with Crippen LogP contribution in [0.4, 0.5) is 0 Å². The highest BCUT2D eigenvalue weighted by Crippen LogP contribution is 2.50. The fourth-order valence-electron chi connectivity index (χ4n) is 2.32. The second-order valence-corrected chi connectivity index (χ2v) is 6.21. The number of rotatable bonds is 5. The van der Waals surface area contributed by atoms with Gasteiger partial charge in [-0.2, -0.15) is 5.10 Å². The summed E-state index contributed by atoms with van der Waals surface area (Å²) < 4.78 is 7.99. The zero-order valence-electron chi connectivity index (χ0n) is 10.8. The predicted molar refractivity (Wildman–Crippen MR) is 72.7 cm³/mol. The van der Waals surface area contributed by atoms with E-state index in [2.05, 4.69) is 41.8 Å². The predicted octanol–water partition coefficient (Wildman–Crippen LogP) is 3.62. The van der Waals surface area contributed by atoms with Crippen molar-refractivity contribution >= 4 is 15.9 Å². The molecule has 96 valence electrons. The molecule has 0 bridgehead atoms. The number of halogens is 1. The summed E-state index contributed by atoms with van der Waals surface area (Å²) in [5, 5.41) is 4.29. The average Bonchev–Trinajstić information content (AvgIpc) is 2.76. The highest BCUT2D eigenvalue weighted by molar-refractivity contribution is 9.09. The van der Waals surface area contributed by atoms with E-state index in [0.717, 1.165) is 31.6 Å². The van der Waals surface area contributed by atoms with Gasteiger partial charge >= 0.3 is 0 Å². The molecule has 0 spiro atoms. The molecule has 3 unspecified atom stereocenters. The first-order valence-electron chi connectivity index (χ1n) is 6.43. The minimum absolute atomic E-state index is 0.257. The Kier molecular flexibility index (Phi) is 3.81. The van der Waals surface area contributed by atoms with Gasteiger partial charge in [-0.15, -0.1) is 0 Å². The first kappa shape index (κ1) is 12.9. The van der Waals surface area contributed by atoms with Crippen LogP contribution >= 0.6 is 15.9 Å². The van der Waals surface area contributed by atoms with Gasteiger partial charge in [-0.3, -0.25) is 4.68 Å². The molecule has 0 radical (unpaired) electrons. The number of nitrogens with zero attached hydrogens (tertiary/aromatic N) is 2. The van der Waals surface area contributed by atoms with Crippen LogP contribution in [0.2, 0.25) is 0 Å². The number of aromatic nitrogens is 2. The molecular weight excluding hydrogens is 280 g/mol. The molecule has 1 heterocycles. The van der Waals surface area contributed by atoms with E-state index >= 15 is 0 Å². The minimum atomic E-state index is 0.257. The van der Waals surface area contributed by atoms with Crippen LogP contribution in [-0.2, 0) is 6.54 Å². The molecule has 1 aromatic rings. The number of alkyl halides is 1. The third-order valence-electron chi connectivity index (χ3n) is 3.97. The normalized spacial score (nSPS) is 32.2. The van der Waals surface area contributed by atoms with Crippen molar-refractivity contribution in [1.82, 2.24) is 9.78 Å². The van der Waals surface area contributed by atoms with Crippen molar-refractivity contribution in [1.29, 1.82) is 0 Å². The molecule has 17 heavy (non-hydrogen) atoms. The van der Waals surface area contributed by atoms with Crippen molar-refractivity contribution in [2.24, 2.45) is 5.41 Å². The largest absolute Gasteiger partial charge is 0.486 e. The highest BCUT2D eigenvalue weighted by atomic mass is 79.9. The zero-order valence-corrected chi connectivity index (χ0v) is 12.4. The summed E-state index contributed by atoms with van der Waals surface area (Å²) in [5.41, 5.74) is 0.257. The van der Waals surface area contributed by atoms with Gasteiger partial charge in [-0.25, -0.2) is 0 Å². The van der Waals surface area contributed by atoms with Gasteiger partial charge in [0, 0.05) is 16.8 Å². The van der Waals surface area contributed by atoms with Gasteiger partial charge in [0.05, 0.1) is 12.4 Å². The minimum Gasteiger partial charge on any atom is -0.486 e. The topological polar surface area (TPSA) is 27.1 Å². The fraction of sp³-hybridized carbons (Fsp3) is 0.769. The van der Waals surface area contributed by atoms with Crippen LogP contribution < -0.4 is 4.74 Å². The lowest BCUT2D eigenvalue weighted by molar-refractivity contribution is -0.0243. The molecule has 4 heteroatoms. The summed E-state index contributed by atoms with van der Waals surface area (Å²) in [5.74, 6) is 0.905. The van der Waals surface area contributed by atoms with E-state index in [1.165, 1.54) is 0 Å². The van der Waals surface area contributed by atoms with E-state index in [0.29, 0.717) is 10.9 Å². The monoisotopic (exact) mass is 300 g/mol. The SMILES string of the molecule is CCCn1cc(OC2CC(Br)C2(C)CC)cn1. The van der Waals surface area contributed by atoms with Crippen LogP contribution in [0.15, 0.2) is 12.4 Å². The molecule has 0 aromatic carbocycles. The Morgan fingerprint density at radius 3 is 2.94 bits per heavy atom. The third-order valence-corrected chi connectivity index (χ3v) is 5.39. The van der Waals surface area contributed by atoms with Crippen molar-refractivity contribution in [3.05, 3.63) is 12.4 Å². The van der Waals surface area contributed by atoms with Crippen molar-refractivity contribution in [2.75, 3.05) is 0 Å². The second kappa shape index (κ2) is 5.01. The van der Waals surface area contributed by atoms with E-state index < -0.39 is 0 Å². The molecule has 0 N–H and O–H groups in total. The molecule has 1 aromatic heterocycles. The van der Waals surface area contributed by atoms with Crippen LogP contribution in [0.25, 0.3) is 0 Å². The molecule has 1 saturated carbocycles. The summed E-state index contributed by atoms with van der Waals surface area (Å²) >= 11 is 3.73. The maximum absolute atomic E-state index is 6.04. The Morgan fingerprint density at radius 2 is 2.35 bits per heavy atom. The van der Waals surface area contributed by atoms with Crippen LogP contribution in [0.5, 0.6) is 5.75 Å². The summed E-state index contributed by atoms with van der Waals surface area (Å²) in [6.07, 6.45) is 7.46. The molecule has 1 aliphatic carbocycles. The third kappa shape index (κ3) is 2.37. The van der Waals surface area contributed by atoms with E-state index in [1.807, 2.05) is 17.1 Å². The van der Waals surface area contributed by atoms with E-state index in [4.69, 9.17) is 4.74 Å². The van der Waals surface area contributed by atoms with Crippen molar-refractivity contribution in [3.63, 3.8) is 0 Å². The highest BCUT2D eigenvalue weighted by Gasteiger charge is 2.50. The molecular formula is C13H21BrN2O. The van der Waals surface area contributed by atoms with E-state index in [-0.39, 0.29) is 5.41 Å². The van der Waals surface area contributed by atoms with Gasteiger partial charge in [-0.1, -0.05) is 36.7 Å². The van der Waals surface area contributed by atoms with Crippen molar-refractivity contribution in [3.8, 4) is 5.75 Å². The van der Waals surface area contributed by atoms with Gasteiger partial charge in [0.15, 0.2) is 5.75 Å². The Bertz CT molecular complexity index is 379. The summed E-state index contributed by atoms with van der Waals surface area (Å²) in [4.78, 5) is 0.579. The van der Waals surface area contributed by atoms with Gasteiger partial charge < -0.3 is 4.74 Å². The Morgan fingerprint density at radius 1 is 1.59 bits per heavy atom.